The first-order valence-corrected chi connectivity index (χ1v) is 7.42. The lowest BCUT2D eigenvalue weighted by molar-refractivity contribution is 0.0971. The standard InChI is InChI=1S/C14H15N3O2S/c1-7-6-20-14(15-7)17-13(19)12-8(2)11-9(16-12)4-3-5-10(11)18/h6,16H,3-5H2,1-2H3,(H,15,17,19). The van der Waals surface area contributed by atoms with Crippen LogP contribution in [0.3, 0.4) is 0 Å². The minimum Gasteiger partial charge on any atom is -0.354 e. The fourth-order valence-electron chi connectivity index (χ4n) is 2.57. The molecule has 0 aliphatic heterocycles. The summed E-state index contributed by atoms with van der Waals surface area (Å²) in [6, 6.07) is 0. The summed E-state index contributed by atoms with van der Waals surface area (Å²) in [5, 5.41) is 5.23. The second-order valence-electron chi connectivity index (χ2n) is 5.00. The summed E-state index contributed by atoms with van der Waals surface area (Å²) >= 11 is 1.39. The maximum Gasteiger partial charge on any atom is 0.274 e. The van der Waals surface area contributed by atoms with Crippen molar-refractivity contribution >= 4 is 28.2 Å². The van der Waals surface area contributed by atoms with Crippen LogP contribution in [0.4, 0.5) is 5.13 Å². The summed E-state index contributed by atoms with van der Waals surface area (Å²) in [4.78, 5) is 31.5. The van der Waals surface area contributed by atoms with E-state index in [1.165, 1.54) is 11.3 Å². The number of nitrogens with one attached hydrogen (secondary N) is 2. The van der Waals surface area contributed by atoms with Crippen molar-refractivity contribution in [1.82, 2.24) is 9.97 Å². The third-order valence-corrected chi connectivity index (χ3v) is 4.38. The second-order valence-corrected chi connectivity index (χ2v) is 5.86. The Balaban J connectivity index is 1.90. The van der Waals surface area contributed by atoms with E-state index < -0.39 is 0 Å². The zero-order valence-corrected chi connectivity index (χ0v) is 12.2. The maximum atomic E-state index is 12.3. The van der Waals surface area contributed by atoms with Crippen LogP contribution in [0.1, 0.15) is 50.6 Å². The number of thiazole rings is 1. The maximum absolute atomic E-state index is 12.3. The molecule has 1 aliphatic carbocycles. The Morgan fingerprint density at radius 1 is 1.40 bits per heavy atom. The number of ketones is 1. The molecule has 0 saturated carbocycles. The van der Waals surface area contributed by atoms with E-state index in [4.69, 9.17) is 0 Å². The van der Waals surface area contributed by atoms with Crippen molar-refractivity contribution < 1.29 is 9.59 Å². The minimum absolute atomic E-state index is 0.129. The Morgan fingerprint density at radius 3 is 2.85 bits per heavy atom. The van der Waals surface area contributed by atoms with Gasteiger partial charge in [0.05, 0.1) is 5.69 Å². The molecule has 1 aliphatic rings. The van der Waals surface area contributed by atoms with Gasteiger partial charge in [0.1, 0.15) is 5.69 Å². The summed E-state index contributed by atoms with van der Waals surface area (Å²) in [6.45, 7) is 3.70. The molecule has 0 aromatic carbocycles. The van der Waals surface area contributed by atoms with E-state index in [0.717, 1.165) is 29.8 Å². The van der Waals surface area contributed by atoms with E-state index in [0.29, 0.717) is 22.8 Å². The van der Waals surface area contributed by atoms with Gasteiger partial charge >= 0.3 is 0 Å². The van der Waals surface area contributed by atoms with Crippen LogP contribution >= 0.6 is 11.3 Å². The largest absolute Gasteiger partial charge is 0.354 e. The number of hydrogen-bond donors (Lipinski definition) is 2. The van der Waals surface area contributed by atoms with Crippen molar-refractivity contribution in [3.8, 4) is 0 Å². The fraction of sp³-hybridized carbons (Fsp3) is 0.357. The number of hydrogen-bond acceptors (Lipinski definition) is 4. The minimum atomic E-state index is -0.237. The molecule has 0 radical (unpaired) electrons. The third-order valence-electron chi connectivity index (χ3n) is 3.50. The van der Waals surface area contributed by atoms with Crippen molar-refractivity contribution in [2.24, 2.45) is 0 Å². The van der Waals surface area contributed by atoms with Gasteiger partial charge in [0, 0.05) is 23.1 Å². The number of fused-ring (bicyclic) bond motifs is 1. The molecule has 20 heavy (non-hydrogen) atoms. The van der Waals surface area contributed by atoms with Crippen LogP contribution in [0.5, 0.6) is 0 Å². The zero-order valence-electron chi connectivity index (χ0n) is 11.4. The number of carbonyl (C=O) groups excluding carboxylic acids is 2. The van der Waals surface area contributed by atoms with E-state index in [1.807, 2.05) is 19.2 Å². The molecular formula is C14H15N3O2S. The molecule has 3 rings (SSSR count). The summed E-state index contributed by atoms with van der Waals surface area (Å²) in [7, 11) is 0. The number of rotatable bonds is 2. The van der Waals surface area contributed by atoms with Crippen LogP contribution in [0.25, 0.3) is 0 Å². The lowest BCUT2D eigenvalue weighted by Gasteiger charge is -2.09. The number of amides is 1. The molecule has 0 fully saturated rings. The van der Waals surface area contributed by atoms with Crippen molar-refractivity contribution in [2.75, 3.05) is 5.32 Å². The van der Waals surface area contributed by atoms with Crippen LogP contribution in [0.2, 0.25) is 0 Å². The SMILES string of the molecule is Cc1csc(NC(=O)c2[nH]c3c(c2C)C(=O)CCC3)n1. The first kappa shape index (κ1) is 13.1. The summed E-state index contributed by atoms with van der Waals surface area (Å²) in [5.74, 6) is -0.108. The van der Waals surface area contributed by atoms with Gasteiger partial charge in [-0.05, 0) is 32.3 Å². The van der Waals surface area contributed by atoms with E-state index in [-0.39, 0.29) is 11.7 Å². The summed E-state index contributed by atoms with van der Waals surface area (Å²) < 4.78 is 0. The Hall–Kier alpha value is -1.95. The molecule has 0 spiro atoms. The number of Topliss-reactive ketones (excluding diaryl/α,β-unsaturated/α-hetero) is 1. The van der Waals surface area contributed by atoms with Crippen LogP contribution in [0.15, 0.2) is 5.38 Å². The Bertz CT molecular complexity index is 699. The highest BCUT2D eigenvalue weighted by atomic mass is 32.1. The Kier molecular flexibility index (Phi) is 3.17. The summed E-state index contributed by atoms with van der Waals surface area (Å²) in [5.41, 5.74) is 3.69. The highest BCUT2D eigenvalue weighted by molar-refractivity contribution is 7.13. The first-order chi connectivity index (χ1) is 9.56. The zero-order chi connectivity index (χ0) is 14.3. The number of H-pyrrole nitrogens is 1. The topological polar surface area (TPSA) is 74.8 Å². The molecule has 1 amide bonds. The lowest BCUT2D eigenvalue weighted by atomic mass is 9.94. The van der Waals surface area contributed by atoms with Gasteiger partial charge in [-0.15, -0.1) is 11.3 Å². The van der Waals surface area contributed by atoms with Gasteiger partial charge in [0.25, 0.3) is 5.91 Å². The van der Waals surface area contributed by atoms with Gasteiger partial charge in [-0.3, -0.25) is 14.9 Å². The third kappa shape index (κ3) is 2.16. The number of nitrogens with zero attached hydrogens (tertiary/aromatic N) is 1. The predicted molar refractivity (Wildman–Crippen MR) is 77.6 cm³/mol. The van der Waals surface area contributed by atoms with Crippen LogP contribution in [-0.2, 0) is 6.42 Å². The highest BCUT2D eigenvalue weighted by Gasteiger charge is 2.26. The van der Waals surface area contributed by atoms with E-state index in [2.05, 4.69) is 15.3 Å². The number of aromatic amines is 1. The molecule has 6 heteroatoms. The molecule has 2 aromatic heterocycles. The molecule has 2 heterocycles. The van der Waals surface area contributed by atoms with Gasteiger partial charge in [-0.2, -0.15) is 0 Å². The number of anilines is 1. The number of carbonyl (C=O) groups is 2. The molecule has 104 valence electrons. The van der Waals surface area contributed by atoms with Gasteiger partial charge in [-0.25, -0.2) is 4.98 Å². The smallest absolute Gasteiger partial charge is 0.274 e. The van der Waals surface area contributed by atoms with Gasteiger partial charge in [0.15, 0.2) is 10.9 Å². The summed E-state index contributed by atoms with van der Waals surface area (Å²) in [6.07, 6.45) is 2.24. The molecule has 0 unspecified atom stereocenters. The van der Waals surface area contributed by atoms with E-state index >= 15 is 0 Å². The fourth-order valence-corrected chi connectivity index (χ4v) is 3.26. The molecular weight excluding hydrogens is 274 g/mol. The quantitative estimate of drug-likeness (QED) is 0.892. The molecule has 0 bridgehead atoms. The van der Waals surface area contributed by atoms with Gasteiger partial charge in [-0.1, -0.05) is 0 Å². The van der Waals surface area contributed by atoms with E-state index in [9.17, 15) is 9.59 Å². The number of aromatic nitrogens is 2. The van der Waals surface area contributed by atoms with Crippen LogP contribution in [-0.4, -0.2) is 21.7 Å². The van der Waals surface area contributed by atoms with Crippen molar-refractivity contribution in [3.63, 3.8) is 0 Å². The number of aryl methyl sites for hydroxylation is 2. The lowest BCUT2D eigenvalue weighted by Crippen LogP contribution is -2.13. The van der Waals surface area contributed by atoms with E-state index in [1.54, 1.807) is 0 Å². The molecule has 0 saturated heterocycles. The monoisotopic (exact) mass is 289 g/mol. The average Bonchev–Trinajstić information content (AvgIpc) is 2.95. The Morgan fingerprint density at radius 2 is 2.20 bits per heavy atom. The predicted octanol–water partition coefficient (Wildman–Crippen LogP) is 2.86. The first-order valence-electron chi connectivity index (χ1n) is 6.54. The molecule has 0 atom stereocenters. The Labute approximate surface area is 120 Å². The van der Waals surface area contributed by atoms with Crippen molar-refractivity contribution in [2.45, 2.75) is 33.1 Å². The van der Waals surface area contributed by atoms with Crippen LogP contribution in [0, 0.1) is 13.8 Å². The second kappa shape index (κ2) is 4.86. The van der Waals surface area contributed by atoms with Gasteiger partial charge < -0.3 is 4.98 Å². The van der Waals surface area contributed by atoms with Crippen molar-refractivity contribution in [1.29, 1.82) is 0 Å². The van der Waals surface area contributed by atoms with Gasteiger partial charge in [0.2, 0.25) is 0 Å². The normalized spacial score (nSPS) is 14.2. The molecule has 5 nitrogen and oxygen atoms in total. The molecule has 2 N–H and O–H groups in total. The molecule has 2 aromatic rings. The highest BCUT2D eigenvalue weighted by Crippen LogP contribution is 2.27. The van der Waals surface area contributed by atoms with Crippen LogP contribution < -0.4 is 5.32 Å². The van der Waals surface area contributed by atoms with Crippen molar-refractivity contribution in [3.05, 3.63) is 33.6 Å². The average molecular weight is 289 g/mol.